The molecule has 2 N–H and O–H groups in total. The molecule has 2 aromatic carbocycles. The van der Waals surface area contributed by atoms with Crippen molar-refractivity contribution in [1.82, 2.24) is 5.32 Å². The molecule has 28 heavy (non-hydrogen) atoms. The van der Waals surface area contributed by atoms with E-state index < -0.39 is 12.0 Å². The number of ether oxygens (including phenoxy) is 1. The molecule has 1 heterocycles. The van der Waals surface area contributed by atoms with E-state index in [0.29, 0.717) is 17.8 Å². The van der Waals surface area contributed by atoms with Gasteiger partial charge in [-0.2, -0.15) is 0 Å². The van der Waals surface area contributed by atoms with Gasteiger partial charge in [-0.15, -0.1) is 0 Å². The molecule has 146 valence electrons. The summed E-state index contributed by atoms with van der Waals surface area (Å²) in [6, 6.07) is 11.6. The molecular weight excluding hydrogens is 358 g/mol. The summed E-state index contributed by atoms with van der Waals surface area (Å²) in [4.78, 5) is 37.7. The standard InChI is InChI=1S/C21H23N3O4/c1-13-4-9-18(10-14(13)2)24-12-17(11-19(24)25)23-21(27)22-16-7-5-15(6-8-16)20(26)28-3/h4-10,17H,11-12H2,1-3H3,(H2,22,23,27). The molecule has 0 radical (unpaired) electrons. The fraction of sp³-hybridized carbons (Fsp3) is 0.286. The molecule has 0 aliphatic carbocycles. The first-order chi connectivity index (χ1) is 13.4. The number of hydrogen-bond acceptors (Lipinski definition) is 4. The van der Waals surface area contributed by atoms with Crippen LogP contribution >= 0.6 is 0 Å². The molecule has 1 fully saturated rings. The van der Waals surface area contributed by atoms with Crippen molar-refractivity contribution in [2.24, 2.45) is 0 Å². The highest BCUT2D eigenvalue weighted by Gasteiger charge is 2.31. The summed E-state index contributed by atoms with van der Waals surface area (Å²) in [6.07, 6.45) is 0.252. The van der Waals surface area contributed by atoms with Gasteiger partial charge in [0.15, 0.2) is 0 Å². The van der Waals surface area contributed by atoms with Crippen molar-refractivity contribution in [1.29, 1.82) is 0 Å². The van der Waals surface area contributed by atoms with Gasteiger partial charge in [0.1, 0.15) is 0 Å². The van der Waals surface area contributed by atoms with Gasteiger partial charge in [0.25, 0.3) is 0 Å². The number of urea groups is 1. The van der Waals surface area contributed by atoms with Gasteiger partial charge in [-0.1, -0.05) is 6.07 Å². The number of nitrogens with zero attached hydrogens (tertiary/aromatic N) is 1. The van der Waals surface area contributed by atoms with Crippen molar-refractivity contribution in [3.63, 3.8) is 0 Å². The Kier molecular flexibility index (Phi) is 5.63. The zero-order valence-corrected chi connectivity index (χ0v) is 16.1. The SMILES string of the molecule is COC(=O)c1ccc(NC(=O)NC2CC(=O)N(c3ccc(C)c(C)c3)C2)cc1. The Bertz CT molecular complexity index is 908. The van der Waals surface area contributed by atoms with Crippen LogP contribution in [0.2, 0.25) is 0 Å². The molecule has 0 bridgehead atoms. The third kappa shape index (κ3) is 4.31. The molecule has 1 atom stereocenters. The third-order valence-electron chi connectivity index (χ3n) is 4.83. The minimum atomic E-state index is -0.438. The highest BCUT2D eigenvalue weighted by molar-refractivity contribution is 5.98. The van der Waals surface area contributed by atoms with Gasteiger partial charge in [0, 0.05) is 24.3 Å². The smallest absolute Gasteiger partial charge is 0.337 e. The van der Waals surface area contributed by atoms with Crippen molar-refractivity contribution in [2.45, 2.75) is 26.3 Å². The average Bonchev–Trinajstić information content (AvgIpc) is 3.03. The molecule has 1 aliphatic rings. The molecular formula is C21H23N3O4. The van der Waals surface area contributed by atoms with Gasteiger partial charge in [-0.25, -0.2) is 9.59 Å². The summed E-state index contributed by atoms with van der Waals surface area (Å²) in [5, 5.41) is 5.53. The Morgan fingerprint density at radius 3 is 2.43 bits per heavy atom. The molecule has 3 rings (SSSR count). The number of amides is 3. The van der Waals surface area contributed by atoms with Crippen molar-refractivity contribution in [3.8, 4) is 0 Å². The summed E-state index contributed by atoms with van der Waals surface area (Å²) in [5.41, 5.74) is 4.08. The lowest BCUT2D eigenvalue weighted by Gasteiger charge is -2.18. The molecule has 0 saturated carbocycles. The molecule has 2 aromatic rings. The minimum Gasteiger partial charge on any atom is -0.465 e. The van der Waals surface area contributed by atoms with Crippen LogP contribution in [0.1, 0.15) is 27.9 Å². The van der Waals surface area contributed by atoms with E-state index in [0.717, 1.165) is 11.3 Å². The Labute approximate surface area is 163 Å². The lowest BCUT2D eigenvalue weighted by Crippen LogP contribution is -2.39. The van der Waals surface area contributed by atoms with Crippen LogP contribution in [0.3, 0.4) is 0 Å². The first-order valence-corrected chi connectivity index (χ1v) is 9.01. The number of esters is 1. The molecule has 7 nitrogen and oxygen atoms in total. The topological polar surface area (TPSA) is 87.7 Å². The average molecular weight is 381 g/mol. The van der Waals surface area contributed by atoms with Gasteiger partial charge >= 0.3 is 12.0 Å². The predicted octanol–water partition coefficient (Wildman–Crippen LogP) is 3.02. The maximum absolute atomic E-state index is 12.4. The van der Waals surface area contributed by atoms with Gasteiger partial charge in [0.2, 0.25) is 5.91 Å². The quantitative estimate of drug-likeness (QED) is 0.797. The lowest BCUT2D eigenvalue weighted by molar-refractivity contribution is -0.117. The first kappa shape index (κ1) is 19.4. The van der Waals surface area contributed by atoms with Crippen LogP contribution < -0.4 is 15.5 Å². The Hall–Kier alpha value is -3.35. The highest BCUT2D eigenvalue weighted by atomic mass is 16.5. The predicted molar refractivity (Wildman–Crippen MR) is 107 cm³/mol. The van der Waals surface area contributed by atoms with Crippen LogP contribution in [0.5, 0.6) is 0 Å². The van der Waals surface area contributed by atoms with Gasteiger partial charge in [-0.3, -0.25) is 4.79 Å². The van der Waals surface area contributed by atoms with Crippen LogP contribution in [0.15, 0.2) is 42.5 Å². The number of carbonyl (C=O) groups is 3. The van der Waals surface area contributed by atoms with Crippen LogP contribution in [0.4, 0.5) is 16.2 Å². The summed E-state index contributed by atoms with van der Waals surface area (Å²) < 4.78 is 4.64. The van der Waals surface area contributed by atoms with E-state index >= 15 is 0 Å². The second kappa shape index (κ2) is 8.12. The third-order valence-corrected chi connectivity index (χ3v) is 4.83. The van der Waals surface area contributed by atoms with E-state index in [1.54, 1.807) is 29.2 Å². The summed E-state index contributed by atoms with van der Waals surface area (Å²) in [6.45, 7) is 4.46. The number of methoxy groups -OCH3 is 1. The van der Waals surface area contributed by atoms with Gasteiger partial charge in [-0.05, 0) is 61.4 Å². The largest absolute Gasteiger partial charge is 0.465 e. The first-order valence-electron chi connectivity index (χ1n) is 9.01. The fourth-order valence-electron chi connectivity index (χ4n) is 3.11. The van der Waals surface area contributed by atoms with Crippen LogP contribution in [-0.4, -0.2) is 37.6 Å². The number of aryl methyl sites for hydroxylation is 2. The minimum absolute atomic E-state index is 0.0176. The van der Waals surface area contributed by atoms with Crippen LogP contribution in [0.25, 0.3) is 0 Å². The Morgan fingerprint density at radius 2 is 1.79 bits per heavy atom. The number of rotatable bonds is 4. The summed E-state index contributed by atoms with van der Waals surface area (Å²) >= 11 is 0. The summed E-state index contributed by atoms with van der Waals surface area (Å²) in [5.74, 6) is -0.456. The number of benzene rings is 2. The lowest BCUT2D eigenvalue weighted by atomic mass is 10.1. The van der Waals surface area contributed by atoms with E-state index in [1.807, 2.05) is 32.0 Å². The number of carbonyl (C=O) groups excluding carboxylic acids is 3. The Morgan fingerprint density at radius 1 is 1.07 bits per heavy atom. The number of hydrogen-bond donors (Lipinski definition) is 2. The van der Waals surface area contributed by atoms with Crippen molar-refractivity contribution in [2.75, 3.05) is 23.9 Å². The maximum atomic E-state index is 12.4. The zero-order chi connectivity index (χ0) is 20.3. The van der Waals surface area contributed by atoms with E-state index in [2.05, 4.69) is 15.4 Å². The summed E-state index contributed by atoms with van der Waals surface area (Å²) in [7, 11) is 1.31. The molecule has 0 spiro atoms. The molecule has 0 aromatic heterocycles. The van der Waals surface area contributed by atoms with E-state index in [4.69, 9.17) is 0 Å². The molecule has 7 heteroatoms. The highest BCUT2D eigenvalue weighted by Crippen LogP contribution is 2.24. The maximum Gasteiger partial charge on any atom is 0.337 e. The van der Waals surface area contributed by atoms with Crippen molar-refractivity contribution >= 4 is 29.3 Å². The van der Waals surface area contributed by atoms with Crippen molar-refractivity contribution < 1.29 is 19.1 Å². The number of anilines is 2. The molecule has 3 amide bonds. The zero-order valence-electron chi connectivity index (χ0n) is 16.1. The van der Waals surface area contributed by atoms with E-state index in [-0.39, 0.29) is 18.4 Å². The fourth-order valence-corrected chi connectivity index (χ4v) is 3.11. The van der Waals surface area contributed by atoms with E-state index in [1.165, 1.54) is 12.7 Å². The van der Waals surface area contributed by atoms with Crippen molar-refractivity contribution in [3.05, 3.63) is 59.2 Å². The normalized spacial score (nSPS) is 16.0. The van der Waals surface area contributed by atoms with Crippen LogP contribution in [0, 0.1) is 13.8 Å². The van der Waals surface area contributed by atoms with Gasteiger partial charge in [0.05, 0.1) is 18.7 Å². The monoisotopic (exact) mass is 381 g/mol. The Balaban J connectivity index is 1.58. The number of nitrogens with one attached hydrogen (secondary N) is 2. The molecule has 1 saturated heterocycles. The second-order valence-corrected chi connectivity index (χ2v) is 6.84. The molecule has 1 unspecified atom stereocenters. The second-order valence-electron chi connectivity index (χ2n) is 6.84. The molecule has 1 aliphatic heterocycles. The van der Waals surface area contributed by atoms with E-state index in [9.17, 15) is 14.4 Å². The van der Waals surface area contributed by atoms with Gasteiger partial charge < -0.3 is 20.3 Å². The van der Waals surface area contributed by atoms with Crippen LogP contribution in [-0.2, 0) is 9.53 Å².